The molecule has 1 unspecified atom stereocenters. The summed E-state index contributed by atoms with van der Waals surface area (Å²) >= 11 is 7.93. The SMILES string of the molecule is Cc1ncc(Cl)c(C(=O)N2CCC(C)Sc3ccccc32)n1. The highest BCUT2D eigenvalue weighted by Gasteiger charge is 2.27. The lowest BCUT2D eigenvalue weighted by Gasteiger charge is -2.22. The van der Waals surface area contributed by atoms with Crippen molar-refractivity contribution in [1.82, 2.24) is 9.97 Å². The molecule has 1 aliphatic heterocycles. The first-order valence-electron chi connectivity index (χ1n) is 7.13. The highest BCUT2D eigenvalue weighted by atomic mass is 35.5. The predicted molar refractivity (Wildman–Crippen MR) is 89.8 cm³/mol. The van der Waals surface area contributed by atoms with Crippen LogP contribution in [-0.4, -0.2) is 27.7 Å². The number of aryl methyl sites for hydroxylation is 1. The highest BCUT2D eigenvalue weighted by Crippen LogP contribution is 2.38. The quantitative estimate of drug-likeness (QED) is 0.792. The fraction of sp³-hybridized carbons (Fsp3) is 0.312. The lowest BCUT2D eigenvalue weighted by Crippen LogP contribution is -2.33. The Balaban J connectivity index is 2.04. The van der Waals surface area contributed by atoms with Gasteiger partial charge in [0.2, 0.25) is 0 Å². The third kappa shape index (κ3) is 2.96. The normalized spacial score (nSPS) is 17.8. The average molecular weight is 334 g/mol. The van der Waals surface area contributed by atoms with Crippen LogP contribution in [0.5, 0.6) is 0 Å². The number of carbonyl (C=O) groups is 1. The van der Waals surface area contributed by atoms with Crippen LogP contribution in [0.25, 0.3) is 0 Å². The molecule has 3 rings (SSSR count). The Morgan fingerprint density at radius 3 is 3.00 bits per heavy atom. The van der Waals surface area contributed by atoms with E-state index in [1.807, 2.05) is 18.2 Å². The maximum atomic E-state index is 12.9. The molecule has 0 N–H and O–H groups in total. The minimum absolute atomic E-state index is 0.169. The minimum Gasteiger partial charge on any atom is -0.306 e. The van der Waals surface area contributed by atoms with Gasteiger partial charge in [-0.15, -0.1) is 11.8 Å². The molecule has 22 heavy (non-hydrogen) atoms. The number of rotatable bonds is 1. The van der Waals surface area contributed by atoms with Crippen LogP contribution in [0, 0.1) is 6.92 Å². The minimum atomic E-state index is -0.169. The van der Waals surface area contributed by atoms with Gasteiger partial charge in [-0.1, -0.05) is 30.7 Å². The summed E-state index contributed by atoms with van der Waals surface area (Å²) in [5, 5.41) is 0.750. The third-order valence-corrected chi connectivity index (χ3v) is 5.07. The first-order valence-corrected chi connectivity index (χ1v) is 8.38. The molecule has 0 aliphatic carbocycles. The Bertz CT molecular complexity index is 722. The topological polar surface area (TPSA) is 46.1 Å². The molecule has 1 amide bonds. The zero-order valence-corrected chi connectivity index (χ0v) is 14.0. The first kappa shape index (κ1) is 15.3. The van der Waals surface area contributed by atoms with E-state index in [0.717, 1.165) is 17.0 Å². The Morgan fingerprint density at radius 2 is 2.18 bits per heavy atom. The van der Waals surface area contributed by atoms with E-state index < -0.39 is 0 Å². The van der Waals surface area contributed by atoms with Gasteiger partial charge in [-0.05, 0) is 25.5 Å². The zero-order chi connectivity index (χ0) is 15.7. The number of amides is 1. The summed E-state index contributed by atoms with van der Waals surface area (Å²) < 4.78 is 0. The van der Waals surface area contributed by atoms with Crippen LogP contribution in [0.1, 0.15) is 29.7 Å². The van der Waals surface area contributed by atoms with Gasteiger partial charge in [0.05, 0.1) is 16.9 Å². The van der Waals surface area contributed by atoms with Crippen molar-refractivity contribution in [2.24, 2.45) is 0 Å². The molecule has 0 fully saturated rings. The van der Waals surface area contributed by atoms with E-state index in [1.165, 1.54) is 6.20 Å². The van der Waals surface area contributed by atoms with Crippen LogP contribution in [0.4, 0.5) is 5.69 Å². The summed E-state index contributed by atoms with van der Waals surface area (Å²) in [5.74, 6) is 0.372. The molecule has 0 bridgehead atoms. The van der Waals surface area contributed by atoms with Crippen molar-refractivity contribution in [3.05, 3.63) is 47.0 Å². The number of carbonyl (C=O) groups excluding carboxylic acids is 1. The predicted octanol–water partition coefficient (Wildman–Crippen LogP) is 3.97. The number of benzene rings is 1. The summed E-state index contributed by atoms with van der Waals surface area (Å²) in [6, 6.07) is 7.96. The van der Waals surface area contributed by atoms with Crippen LogP contribution in [0.15, 0.2) is 35.4 Å². The molecular weight excluding hydrogens is 318 g/mol. The molecule has 1 aromatic carbocycles. The van der Waals surface area contributed by atoms with Crippen LogP contribution in [0.3, 0.4) is 0 Å². The van der Waals surface area contributed by atoms with E-state index in [9.17, 15) is 4.79 Å². The number of fused-ring (bicyclic) bond motifs is 1. The van der Waals surface area contributed by atoms with Crippen LogP contribution >= 0.6 is 23.4 Å². The fourth-order valence-electron chi connectivity index (χ4n) is 2.43. The zero-order valence-electron chi connectivity index (χ0n) is 12.4. The molecular formula is C16H16ClN3OS. The lowest BCUT2D eigenvalue weighted by atomic mass is 10.2. The standard InChI is InChI=1S/C16H16ClN3OS/c1-10-7-8-20(13-5-3-4-6-14(13)22-10)16(21)15-12(17)9-18-11(2)19-15/h3-6,9-10H,7-8H2,1-2H3. The molecule has 0 saturated heterocycles. The molecule has 1 aliphatic rings. The van der Waals surface area contributed by atoms with Crippen molar-refractivity contribution in [3.63, 3.8) is 0 Å². The van der Waals surface area contributed by atoms with Crippen molar-refractivity contribution < 1.29 is 4.79 Å². The number of thioether (sulfide) groups is 1. The van der Waals surface area contributed by atoms with Crippen molar-refractivity contribution >= 4 is 35.0 Å². The second kappa shape index (κ2) is 6.26. The Kier molecular flexibility index (Phi) is 4.36. The van der Waals surface area contributed by atoms with Crippen molar-refractivity contribution in [1.29, 1.82) is 0 Å². The van der Waals surface area contributed by atoms with E-state index in [0.29, 0.717) is 17.6 Å². The van der Waals surface area contributed by atoms with Gasteiger partial charge in [0, 0.05) is 16.7 Å². The summed E-state index contributed by atoms with van der Waals surface area (Å²) in [6.45, 7) is 4.59. The van der Waals surface area contributed by atoms with E-state index in [1.54, 1.807) is 23.6 Å². The van der Waals surface area contributed by atoms with Crippen LogP contribution in [0.2, 0.25) is 5.02 Å². The summed E-state index contributed by atoms with van der Waals surface area (Å²) in [7, 11) is 0. The largest absolute Gasteiger partial charge is 0.306 e. The highest BCUT2D eigenvalue weighted by molar-refractivity contribution is 8.00. The van der Waals surface area contributed by atoms with Gasteiger partial charge in [0.1, 0.15) is 5.82 Å². The van der Waals surface area contributed by atoms with Crippen molar-refractivity contribution in [3.8, 4) is 0 Å². The molecule has 2 aromatic rings. The number of nitrogens with zero attached hydrogens (tertiary/aromatic N) is 3. The van der Waals surface area contributed by atoms with Crippen LogP contribution < -0.4 is 4.90 Å². The molecule has 0 radical (unpaired) electrons. The molecule has 0 spiro atoms. The van der Waals surface area contributed by atoms with Gasteiger partial charge in [-0.3, -0.25) is 4.79 Å². The third-order valence-electron chi connectivity index (χ3n) is 3.56. The average Bonchev–Trinajstić information content (AvgIpc) is 2.67. The second-order valence-corrected chi connectivity index (χ2v) is 7.14. The van der Waals surface area contributed by atoms with Gasteiger partial charge in [-0.25, -0.2) is 9.97 Å². The molecule has 2 heterocycles. The molecule has 6 heteroatoms. The van der Waals surface area contributed by atoms with Gasteiger partial charge in [0.15, 0.2) is 5.69 Å². The molecule has 0 saturated carbocycles. The second-order valence-electron chi connectivity index (χ2n) is 5.26. The smallest absolute Gasteiger partial charge is 0.278 e. The van der Waals surface area contributed by atoms with Gasteiger partial charge >= 0.3 is 0 Å². The Labute approximate surface area is 138 Å². The van der Waals surface area contributed by atoms with Gasteiger partial charge < -0.3 is 4.90 Å². The maximum Gasteiger partial charge on any atom is 0.278 e. The molecule has 1 atom stereocenters. The van der Waals surface area contributed by atoms with Crippen molar-refractivity contribution in [2.75, 3.05) is 11.4 Å². The summed E-state index contributed by atoms with van der Waals surface area (Å²) in [6.07, 6.45) is 2.41. The number of hydrogen-bond donors (Lipinski definition) is 0. The van der Waals surface area contributed by atoms with E-state index >= 15 is 0 Å². The monoisotopic (exact) mass is 333 g/mol. The summed E-state index contributed by atoms with van der Waals surface area (Å²) in [4.78, 5) is 24.1. The van der Waals surface area contributed by atoms with E-state index in [2.05, 4.69) is 23.0 Å². The molecule has 4 nitrogen and oxygen atoms in total. The van der Waals surface area contributed by atoms with Crippen molar-refractivity contribution in [2.45, 2.75) is 30.4 Å². The molecule has 1 aromatic heterocycles. The number of aromatic nitrogens is 2. The van der Waals surface area contributed by atoms with Gasteiger partial charge in [0.25, 0.3) is 5.91 Å². The van der Waals surface area contributed by atoms with Crippen LogP contribution in [-0.2, 0) is 0 Å². The number of hydrogen-bond acceptors (Lipinski definition) is 4. The lowest BCUT2D eigenvalue weighted by molar-refractivity contribution is 0.0981. The van der Waals surface area contributed by atoms with Gasteiger partial charge in [-0.2, -0.15) is 0 Å². The van der Waals surface area contributed by atoms with E-state index in [4.69, 9.17) is 11.6 Å². The Hall–Kier alpha value is -1.59. The maximum absolute atomic E-state index is 12.9. The van der Waals surface area contributed by atoms with E-state index in [-0.39, 0.29) is 16.6 Å². The fourth-order valence-corrected chi connectivity index (χ4v) is 3.72. The number of anilines is 1. The number of para-hydroxylation sites is 1. The first-order chi connectivity index (χ1) is 10.6. The molecule has 114 valence electrons. The number of halogens is 1. The summed E-state index contributed by atoms with van der Waals surface area (Å²) in [5.41, 5.74) is 1.19. The Morgan fingerprint density at radius 1 is 1.41 bits per heavy atom.